The fraction of sp³-hybridized carbons (Fsp3) is 0.375. The van der Waals surface area contributed by atoms with Gasteiger partial charge in [0.15, 0.2) is 12.4 Å². The Morgan fingerprint density at radius 2 is 2.32 bits per heavy atom. The van der Waals surface area contributed by atoms with Crippen molar-refractivity contribution < 1.29 is 14.3 Å². The van der Waals surface area contributed by atoms with E-state index in [4.69, 9.17) is 4.74 Å². The number of carbonyl (C=O) groups excluding carboxylic acids is 2. The number of anilines is 1. The van der Waals surface area contributed by atoms with E-state index in [0.717, 1.165) is 12.1 Å². The second kappa shape index (κ2) is 7.20. The molecule has 1 aromatic heterocycles. The molecule has 0 bridgehead atoms. The highest BCUT2D eigenvalue weighted by Gasteiger charge is 2.18. The Morgan fingerprint density at radius 1 is 1.48 bits per heavy atom. The van der Waals surface area contributed by atoms with Gasteiger partial charge in [-0.2, -0.15) is 0 Å². The molecule has 0 spiro atoms. The molecule has 3 rings (SSSR count). The molecule has 0 fully saturated rings. The number of ether oxygens (including phenoxy) is 1. The Kier molecular flexibility index (Phi) is 4.82. The molecule has 0 saturated carbocycles. The van der Waals surface area contributed by atoms with Crippen LogP contribution < -0.4 is 20.7 Å². The average molecular weight is 344 g/mol. The number of fused-ring (bicyclic) bond motifs is 1. The van der Waals surface area contributed by atoms with Crippen LogP contribution in [-0.2, 0) is 17.9 Å². The molecule has 9 nitrogen and oxygen atoms in total. The Labute approximate surface area is 144 Å². The van der Waals surface area contributed by atoms with Crippen LogP contribution in [0, 0.1) is 0 Å². The fourth-order valence-electron chi connectivity index (χ4n) is 2.54. The predicted molar refractivity (Wildman–Crippen MR) is 90.0 cm³/mol. The van der Waals surface area contributed by atoms with Crippen LogP contribution in [0.5, 0.6) is 5.75 Å². The number of nitrogens with one attached hydrogen (secondary N) is 3. The summed E-state index contributed by atoms with van der Waals surface area (Å²) in [6, 6.07) is 4.88. The van der Waals surface area contributed by atoms with E-state index in [-0.39, 0.29) is 24.6 Å². The molecule has 2 aromatic rings. The van der Waals surface area contributed by atoms with Crippen molar-refractivity contribution in [2.75, 3.05) is 11.9 Å². The molecule has 1 atom stereocenters. The predicted octanol–water partition coefficient (Wildman–Crippen LogP) is 1.19. The van der Waals surface area contributed by atoms with Crippen molar-refractivity contribution in [1.29, 1.82) is 0 Å². The molecule has 0 aliphatic carbocycles. The summed E-state index contributed by atoms with van der Waals surface area (Å²) >= 11 is 0. The summed E-state index contributed by atoms with van der Waals surface area (Å²) in [5.74, 6) is 1.13. The third-order valence-electron chi connectivity index (χ3n) is 3.93. The molecule has 9 heteroatoms. The molecule has 1 aliphatic heterocycles. The summed E-state index contributed by atoms with van der Waals surface area (Å²) in [5.41, 5.74) is 1.47. The zero-order valence-corrected chi connectivity index (χ0v) is 14.1. The second-order valence-corrected chi connectivity index (χ2v) is 5.67. The summed E-state index contributed by atoms with van der Waals surface area (Å²) in [7, 11) is 0. The normalized spacial score (nSPS) is 14.1. The van der Waals surface area contributed by atoms with E-state index in [2.05, 4.69) is 26.1 Å². The number of hydrogen-bond acceptors (Lipinski definition) is 5. The first-order valence-electron chi connectivity index (χ1n) is 8.04. The summed E-state index contributed by atoms with van der Waals surface area (Å²) in [4.78, 5) is 23.5. The van der Waals surface area contributed by atoms with E-state index in [9.17, 15) is 9.59 Å². The van der Waals surface area contributed by atoms with Gasteiger partial charge in [-0.05, 0) is 31.5 Å². The first kappa shape index (κ1) is 16.7. The lowest BCUT2D eigenvalue weighted by Gasteiger charge is -2.21. The second-order valence-electron chi connectivity index (χ2n) is 5.67. The molecular formula is C16H20N6O3. The van der Waals surface area contributed by atoms with Crippen LogP contribution >= 0.6 is 0 Å². The van der Waals surface area contributed by atoms with Crippen LogP contribution in [0.3, 0.4) is 0 Å². The van der Waals surface area contributed by atoms with Crippen LogP contribution in [0.4, 0.5) is 10.5 Å². The van der Waals surface area contributed by atoms with Crippen molar-refractivity contribution in [3.63, 3.8) is 0 Å². The molecule has 2 heterocycles. The first-order valence-corrected chi connectivity index (χ1v) is 8.04. The lowest BCUT2D eigenvalue weighted by atomic mass is 10.1. The minimum Gasteiger partial charge on any atom is -0.482 e. The molecule has 0 saturated heterocycles. The fourth-order valence-corrected chi connectivity index (χ4v) is 2.54. The molecule has 0 radical (unpaired) electrons. The zero-order valence-electron chi connectivity index (χ0n) is 14.1. The molecule has 25 heavy (non-hydrogen) atoms. The van der Waals surface area contributed by atoms with Crippen LogP contribution in [0.25, 0.3) is 0 Å². The Bertz CT molecular complexity index is 788. The molecule has 1 aromatic carbocycles. The molecular weight excluding hydrogens is 324 g/mol. The van der Waals surface area contributed by atoms with Gasteiger partial charge in [0, 0.05) is 6.54 Å². The molecule has 1 aliphatic rings. The summed E-state index contributed by atoms with van der Waals surface area (Å²) < 4.78 is 7.18. The Morgan fingerprint density at radius 3 is 3.12 bits per heavy atom. The third-order valence-corrected chi connectivity index (χ3v) is 3.93. The third kappa shape index (κ3) is 3.87. The number of aryl methyl sites for hydroxylation is 1. The number of carbonyl (C=O) groups is 2. The Balaban J connectivity index is 1.58. The van der Waals surface area contributed by atoms with Gasteiger partial charge >= 0.3 is 6.03 Å². The monoisotopic (exact) mass is 344 g/mol. The van der Waals surface area contributed by atoms with E-state index >= 15 is 0 Å². The highest BCUT2D eigenvalue weighted by molar-refractivity contribution is 5.95. The van der Waals surface area contributed by atoms with Gasteiger partial charge < -0.3 is 25.3 Å². The number of nitrogens with zero attached hydrogens (tertiary/aromatic N) is 3. The van der Waals surface area contributed by atoms with Gasteiger partial charge in [-0.25, -0.2) is 4.79 Å². The van der Waals surface area contributed by atoms with Crippen LogP contribution in [0.1, 0.15) is 31.3 Å². The number of hydrogen-bond donors (Lipinski definition) is 3. The zero-order chi connectivity index (χ0) is 17.8. The van der Waals surface area contributed by atoms with Gasteiger partial charge in [-0.15, -0.1) is 10.2 Å². The quantitative estimate of drug-likeness (QED) is 0.755. The van der Waals surface area contributed by atoms with E-state index in [1.165, 1.54) is 0 Å². The van der Waals surface area contributed by atoms with Crippen molar-refractivity contribution in [3.8, 4) is 5.75 Å². The van der Waals surface area contributed by atoms with Crippen molar-refractivity contribution >= 4 is 17.6 Å². The van der Waals surface area contributed by atoms with Gasteiger partial charge in [-0.1, -0.05) is 6.07 Å². The van der Waals surface area contributed by atoms with E-state index in [0.29, 0.717) is 23.8 Å². The maximum absolute atomic E-state index is 12.1. The van der Waals surface area contributed by atoms with E-state index in [1.54, 1.807) is 18.5 Å². The van der Waals surface area contributed by atoms with Crippen molar-refractivity contribution in [2.24, 2.45) is 0 Å². The number of rotatable bonds is 5. The smallest absolute Gasteiger partial charge is 0.315 e. The summed E-state index contributed by atoms with van der Waals surface area (Å²) in [6.45, 7) is 4.89. The van der Waals surface area contributed by atoms with Crippen molar-refractivity contribution in [3.05, 3.63) is 35.9 Å². The number of aromatic nitrogens is 3. The maximum Gasteiger partial charge on any atom is 0.315 e. The minimum atomic E-state index is -0.309. The molecule has 3 amide bonds. The number of amides is 3. The average Bonchev–Trinajstić information content (AvgIpc) is 3.06. The van der Waals surface area contributed by atoms with Crippen molar-refractivity contribution in [2.45, 2.75) is 33.0 Å². The highest BCUT2D eigenvalue weighted by atomic mass is 16.5. The highest BCUT2D eigenvalue weighted by Crippen LogP contribution is 2.30. The lowest BCUT2D eigenvalue weighted by Crippen LogP contribution is -2.37. The van der Waals surface area contributed by atoms with Gasteiger partial charge in [0.2, 0.25) is 0 Å². The van der Waals surface area contributed by atoms with Gasteiger partial charge in [0.1, 0.15) is 12.1 Å². The van der Waals surface area contributed by atoms with Crippen LogP contribution in [0.2, 0.25) is 0 Å². The van der Waals surface area contributed by atoms with Crippen LogP contribution in [-0.4, -0.2) is 33.3 Å². The number of benzene rings is 1. The molecule has 3 N–H and O–H groups in total. The van der Waals surface area contributed by atoms with Gasteiger partial charge in [-0.3, -0.25) is 4.79 Å². The lowest BCUT2D eigenvalue weighted by molar-refractivity contribution is -0.118. The SMILES string of the molecule is CCn1cnnc1CNC(=O)NC(C)c1ccc2c(c1)NC(=O)CO2. The largest absolute Gasteiger partial charge is 0.482 e. The molecule has 132 valence electrons. The van der Waals surface area contributed by atoms with Crippen LogP contribution in [0.15, 0.2) is 24.5 Å². The maximum atomic E-state index is 12.1. The topological polar surface area (TPSA) is 110 Å². The minimum absolute atomic E-state index is 0.0188. The first-order chi connectivity index (χ1) is 12.1. The Hall–Kier alpha value is -3.10. The van der Waals surface area contributed by atoms with Gasteiger partial charge in [0.25, 0.3) is 5.91 Å². The van der Waals surface area contributed by atoms with E-state index < -0.39 is 0 Å². The van der Waals surface area contributed by atoms with Crippen molar-refractivity contribution in [1.82, 2.24) is 25.4 Å². The summed E-state index contributed by atoms with van der Waals surface area (Å²) in [6.07, 6.45) is 1.63. The molecule has 1 unspecified atom stereocenters. The summed E-state index contributed by atoms with van der Waals surface area (Å²) in [5, 5.41) is 16.2. The number of urea groups is 1. The van der Waals surface area contributed by atoms with E-state index in [1.807, 2.05) is 24.5 Å². The standard InChI is InChI=1S/C16H20N6O3/c1-3-22-9-18-21-14(22)7-17-16(24)19-10(2)11-4-5-13-12(6-11)20-15(23)8-25-13/h4-6,9-10H,3,7-8H2,1-2H3,(H,20,23)(H2,17,19,24). The van der Waals surface area contributed by atoms with Gasteiger partial charge in [0.05, 0.1) is 18.3 Å².